The number of nitrogens with zero attached hydrogens (tertiary/aromatic N) is 2. The van der Waals surface area contributed by atoms with Gasteiger partial charge < -0.3 is 16.4 Å². The summed E-state index contributed by atoms with van der Waals surface area (Å²) in [4.78, 5) is 19.2. The highest BCUT2D eigenvalue weighted by atomic mass is 35.5. The lowest BCUT2D eigenvalue weighted by atomic mass is 10.1. The second-order valence-electron chi connectivity index (χ2n) is 4.91. The van der Waals surface area contributed by atoms with Crippen LogP contribution in [-0.2, 0) is 4.79 Å². The molecule has 7 heteroatoms. The number of anilines is 2. The Morgan fingerprint density at radius 3 is 2.67 bits per heavy atom. The Morgan fingerprint density at radius 2 is 2.11 bits per heavy atom. The molecule has 0 saturated heterocycles. The zero-order valence-corrected chi connectivity index (χ0v) is 11.5. The van der Waals surface area contributed by atoms with Gasteiger partial charge in [0.15, 0.2) is 0 Å². The number of halogens is 1. The third-order valence-corrected chi connectivity index (χ3v) is 2.08. The van der Waals surface area contributed by atoms with E-state index in [2.05, 4.69) is 20.6 Å². The predicted octanol–water partition coefficient (Wildman–Crippen LogP) is 1.43. The van der Waals surface area contributed by atoms with Crippen molar-refractivity contribution in [1.82, 2.24) is 15.3 Å². The van der Waals surface area contributed by atoms with Gasteiger partial charge in [0, 0.05) is 24.6 Å². The Balaban J connectivity index is 2.40. The van der Waals surface area contributed by atoms with E-state index in [9.17, 15) is 4.79 Å². The lowest BCUT2D eigenvalue weighted by Gasteiger charge is -2.20. The molecule has 0 aromatic carbocycles. The van der Waals surface area contributed by atoms with E-state index in [0.717, 1.165) is 0 Å². The van der Waals surface area contributed by atoms with Gasteiger partial charge in [-0.25, -0.2) is 4.98 Å². The van der Waals surface area contributed by atoms with E-state index in [0.29, 0.717) is 18.8 Å². The van der Waals surface area contributed by atoms with Gasteiger partial charge in [0.2, 0.25) is 11.9 Å². The summed E-state index contributed by atoms with van der Waals surface area (Å²) in [6, 6.07) is 1.56. The smallest absolute Gasteiger partial charge is 0.223 e. The van der Waals surface area contributed by atoms with Gasteiger partial charge in [-0.3, -0.25) is 4.79 Å². The summed E-state index contributed by atoms with van der Waals surface area (Å²) >= 11 is 5.73. The average Bonchev–Trinajstić information content (AvgIpc) is 2.12. The second-order valence-corrected chi connectivity index (χ2v) is 5.30. The quantitative estimate of drug-likeness (QED) is 0.721. The molecule has 0 aliphatic rings. The van der Waals surface area contributed by atoms with Crippen LogP contribution in [0.5, 0.6) is 0 Å². The van der Waals surface area contributed by atoms with Crippen molar-refractivity contribution < 1.29 is 4.79 Å². The van der Waals surface area contributed by atoms with Crippen molar-refractivity contribution in [3.63, 3.8) is 0 Å². The summed E-state index contributed by atoms with van der Waals surface area (Å²) in [6.07, 6.45) is 0.346. The van der Waals surface area contributed by atoms with E-state index in [1.54, 1.807) is 6.07 Å². The van der Waals surface area contributed by atoms with Crippen molar-refractivity contribution in [2.24, 2.45) is 0 Å². The molecule has 1 heterocycles. The van der Waals surface area contributed by atoms with Crippen LogP contribution < -0.4 is 16.4 Å². The third-order valence-electron chi connectivity index (χ3n) is 1.88. The van der Waals surface area contributed by atoms with E-state index < -0.39 is 0 Å². The van der Waals surface area contributed by atoms with Crippen LogP contribution in [0.1, 0.15) is 27.2 Å². The summed E-state index contributed by atoms with van der Waals surface area (Å²) in [7, 11) is 0. The van der Waals surface area contributed by atoms with Crippen molar-refractivity contribution >= 4 is 29.3 Å². The fourth-order valence-electron chi connectivity index (χ4n) is 1.31. The Hall–Kier alpha value is -1.56. The zero-order chi connectivity index (χ0) is 13.8. The highest BCUT2D eigenvalue weighted by molar-refractivity contribution is 6.29. The maximum absolute atomic E-state index is 11.5. The van der Waals surface area contributed by atoms with Crippen molar-refractivity contribution in [2.75, 3.05) is 17.6 Å². The molecule has 0 bridgehead atoms. The molecule has 0 fully saturated rings. The molecule has 0 radical (unpaired) electrons. The van der Waals surface area contributed by atoms with Crippen molar-refractivity contribution in [1.29, 1.82) is 0 Å². The monoisotopic (exact) mass is 271 g/mol. The lowest BCUT2D eigenvalue weighted by molar-refractivity contribution is -0.122. The molecule has 1 aromatic rings. The van der Waals surface area contributed by atoms with E-state index >= 15 is 0 Å². The molecule has 4 N–H and O–H groups in total. The first-order chi connectivity index (χ1) is 8.26. The number of rotatable bonds is 4. The average molecular weight is 272 g/mol. The summed E-state index contributed by atoms with van der Waals surface area (Å²) in [6.45, 7) is 6.25. The maximum Gasteiger partial charge on any atom is 0.223 e. The molecule has 18 heavy (non-hydrogen) atoms. The summed E-state index contributed by atoms with van der Waals surface area (Å²) < 4.78 is 0. The van der Waals surface area contributed by atoms with Crippen LogP contribution in [0, 0.1) is 0 Å². The first-order valence-corrected chi connectivity index (χ1v) is 5.99. The standard InChI is InChI=1S/C11H18ClN5O/c1-11(2,3)17-9(18)4-5-14-8-6-7(12)15-10(13)16-8/h6H,4-5H2,1-3H3,(H,17,18)(H3,13,14,15,16). The highest BCUT2D eigenvalue weighted by Crippen LogP contribution is 2.12. The molecule has 100 valence electrons. The first-order valence-electron chi connectivity index (χ1n) is 5.61. The molecular weight excluding hydrogens is 254 g/mol. The lowest BCUT2D eigenvalue weighted by Crippen LogP contribution is -2.41. The Labute approximate surface area is 111 Å². The summed E-state index contributed by atoms with van der Waals surface area (Å²) in [5.74, 6) is 0.586. The Bertz CT molecular complexity index is 410. The van der Waals surface area contributed by atoms with Crippen molar-refractivity contribution in [2.45, 2.75) is 32.7 Å². The first kappa shape index (κ1) is 14.5. The van der Waals surface area contributed by atoms with Gasteiger partial charge in [-0.2, -0.15) is 4.98 Å². The van der Waals surface area contributed by atoms with Gasteiger partial charge in [0.05, 0.1) is 0 Å². The number of amides is 1. The maximum atomic E-state index is 11.5. The molecule has 0 aliphatic heterocycles. The van der Waals surface area contributed by atoms with Crippen LogP contribution in [0.4, 0.5) is 11.8 Å². The summed E-state index contributed by atoms with van der Waals surface area (Å²) in [5.41, 5.74) is 5.23. The molecule has 6 nitrogen and oxygen atoms in total. The number of nitrogens with one attached hydrogen (secondary N) is 2. The van der Waals surface area contributed by atoms with Crippen molar-refractivity contribution in [3.8, 4) is 0 Å². The van der Waals surface area contributed by atoms with Crippen LogP contribution in [-0.4, -0.2) is 28.0 Å². The molecule has 0 spiro atoms. The Morgan fingerprint density at radius 1 is 1.44 bits per heavy atom. The molecule has 1 rings (SSSR count). The molecule has 0 unspecified atom stereocenters. The highest BCUT2D eigenvalue weighted by Gasteiger charge is 2.13. The molecule has 0 saturated carbocycles. The molecule has 1 aromatic heterocycles. The minimum Gasteiger partial charge on any atom is -0.369 e. The van der Waals surface area contributed by atoms with Crippen LogP contribution in [0.3, 0.4) is 0 Å². The fraction of sp³-hybridized carbons (Fsp3) is 0.545. The number of nitrogens with two attached hydrogens (primary N) is 1. The predicted molar refractivity (Wildman–Crippen MR) is 72.5 cm³/mol. The van der Waals surface area contributed by atoms with Crippen LogP contribution in [0.25, 0.3) is 0 Å². The largest absolute Gasteiger partial charge is 0.369 e. The molecular formula is C11H18ClN5O. The number of aromatic nitrogens is 2. The Kier molecular flexibility index (Phi) is 4.72. The normalized spacial score (nSPS) is 11.1. The van der Waals surface area contributed by atoms with Gasteiger partial charge in [-0.15, -0.1) is 0 Å². The number of carbonyl (C=O) groups excluding carboxylic acids is 1. The minimum atomic E-state index is -0.222. The van der Waals surface area contributed by atoms with Gasteiger partial charge in [-0.1, -0.05) is 11.6 Å². The third kappa shape index (κ3) is 5.67. The van der Waals surface area contributed by atoms with E-state index in [1.165, 1.54) is 0 Å². The van der Waals surface area contributed by atoms with Gasteiger partial charge in [-0.05, 0) is 20.8 Å². The number of nitrogen functional groups attached to an aromatic ring is 1. The zero-order valence-electron chi connectivity index (χ0n) is 10.7. The van der Waals surface area contributed by atoms with Crippen LogP contribution in [0.15, 0.2) is 6.07 Å². The number of hydrogen-bond acceptors (Lipinski definition) is 5. The molecule has 0 atom stereocenters. The topological polar surface area (TPSA) is 92.9 Å². The minimum absolute atomic E-state index is 0.0249. The van der Waals surface area contributed by atoms with Crippen LogP contribution >= 0.6 is 11.6 Å². The van der Waals surface area contributed by atoms with E-state index in [1.807, 2.05) is 20.8 Å². The second kappa shape index (κ2) is 5.86. The van der Waals surface area contributed by atoms with Gasteiger partial charge >= 0.3 is 0 Å². The van der Waals surface area contributed by atoms with E-state index in [4.69, 9.17) is 17.3 Å². The number of hydrogen-bond donors (Lipinski definition) is 3. The van der Waals surface area contributed by atoms with Crippen molar-refractivity contribution in [3.05, 3.63) is 11.2 Å². The fourth-order valence-corrected chi connectivity index (χ4v) is 1.50. The van der Waals surface area contributed by atoms with E-state index in [-0.39, 0.29) is 22.5 Å². The number of carbonyl (C=O) groups is 1. The molecule has 1 amide bonds. The molecule has 0 aliphatic carbocycles. The van der Waals surface area contributed by atoms with Gasteiger partial charge in [0.25, 0.3) is 0 Å². The SMILES string of the molecule is CC(C)(C)NC(=O)CCNc1cc(Cl)nc(N)n1. The van der Waals surface area contributed by atoms with Gasteiger partial charge in [0.1, 0.15) is 11.0 Å². The van der Waals surface area contributed by atoms with Crippen LogP contribution in [0.2, 0.25) is 5.15 Å². The summed E-state index contributed by atoms with van der Waals surface area (Å²) in [5, 5.41) is 6.10.